The van der Waals surface area contributed by atoms with E-state index in [4.69, 9.17) is 0 Å². The molecule has 1 unspecified atom stereocenters. The number of hydrogen-bond donors (Lipinski definition) is 1. The minimum Gasteiger partial charge on any atom is -0.363 e. The van der Waals surface area contributed by atoms with Gasteiger partial charge in [-0.3, -0.25) is 9.80 Å². The van der Waals surface area contributed by atoms with Crippen LogP contribution in [0.5, 0.6) is 0 Å². The standard InChI is InChI=1S/C11H19N5S/c1-12-11-14-13-10(17-11)8-15-5-6-16-4-2-3-9(16)7-15/h9H,2-8H2,1H3,(H,12,14). The summed E-state index contributed by atoms with van der Waals surface area (Å²) in [7, 11) is 1.89. The van der Waals surface area contributed by atoms with Crippen LogP contribution in [0, 0.1) is 0 Å². The van der Waals surface area contributed by atoms with Crippen LogP contribution in [0.25, 0.3) is 0 Å². The number of piperazine rings is 1. The van der Waals surface area contributed by atoms with Crippen molar-refractivity contribution in [3.8, 4) is 0 Å². The fourth-order valence-corrected chi connectivity index (χ4v) is 3.54. The van der Waals surface area contributed by atoms with E-state index in [0.29, 0.717) is 0 Å². The maximum atomic E-state index is 4.22. The van der Waals surface area contributed by atoms with Crippen molar-refractivity contribution in [3.63, 3.8) is 0 Å². The molecule has 94 valence electrons. The molecule has 3 rings (SSSR count). The van der Waals surface area contributed by atoms with Gasteiger partial charge in [0.25, 0.3) is 0 Å². The lowest BCUT2D eigenvalue weighted by atomic mass is 10.1. The van der Waals surface area contributed by atoms with Crippen LogP contribution in [-0.4, -0.2) is 59.3 Å². The molecule has 1 atom stereocenters. The summed E-state index contributed by atoms with van der Waals surface area (Å²) >= 11 is 1.66. The van der Waals surface area contributed by atoms with Gasteiger partial charge in [0.2, 0.25) is 5.13 Å². The fourth-order valence-electron chi connectivity index (χ4n) is 2.81. The molecule has 2 saturated heterocycles. The average molecular weight is 253 g/mol. The number of nitrogens with one attached hydrogen (secondary N) is 1. The van der Waals surface area contributed by atoms with Crippen molar-refractivity contribution >= 4 is 16.5 Å². The van der Waals surface area contributed by atoms with Gasteiger partial charge in [-0.2, -0.15) is 0 Å². The van der Waals surface area contributed by atoms with E-state index in [0.717, 1.165) is 22.7 Å². The number of fused-ring (bicyclic) bond motifs is 1. The Balaban J connectivity index is 1.58. The second-order valence-electron chi connectivity index (χ2n) is 4.82. The van der Waals surface area contributed by atoms with Crippen LogP contribution in [0.3, 0.4) is 0 Å². The Hall–Kier alpha value is -0.720. The van der Waals surface area contributed by atoms with Crippen LogP contribution in [-0.2, 0) is 6.54 Å². The van der Waals surface area contributed by atoms with E-state index in [1.807, 2.05) is 7.05 Å². The molecule has 6 heteroatoms. The molecule has 2 aliphatic heterocycles. The molecule has 3 heterocycles. The van der Waals surface area contributed by atoms with Crippen molar-refractivity contribution in [1.82, 2.24) is 20.0 Å². The first-order valence-electron chi connectivity index (χ1n) is 6.31. The number of rotatable bonds is 3. The first-order chi connectivity index (χ1) is 8.35. The molecular weight excluding hydrogens is 234 g/mol. The number of nitrogens with zero attached hydrogens (tertiary/aromatic N) is 4. The number of anilines is 1. The molecule has 17 heavy (non-hydrogen) atoms. The normalized spacial score (nSPS) is 26.1. The Kier molecular flexibility index (Phi) is 3.26. The molecule has 0 amide bonds. The minimum atomic E-state index is 0.792. The van der Waals surface area contributed by atoms with Gasteiger partial charge in [0.05, 0.1) is 6.54 Å². The van der Waals surface area contributed by atoms with Gasteiger partial charge in [0.15, 0.2) is 0 Å². The van der Waals surface area contributed by atoms with Crippen LogP contribution >= 0.6 is 11.3 Å². The third-order valence-electron chi connectivity index (χ3n) is 3.71. The van der Waals surface area contributed by atoms with Gasteiger partial charge in [0, 0.05) is 32.7 Å². The lowest BCUT2D eigenvalue weighted by molar-refractivity contribution is 0.0991. The summed E-state index contributed by atoms with van der Waals surface area (Å²) < 4.78 is 0. The quantitative estimate of drug-likeness (QED) is 0.865. The zero-order chi connectivity index (χ0) is 11.7. The fraction of sp³-hybridized carbons (Fsp3) is 0.818. The Morgan fingerprint density at radius 3 is 3.12 bits per heavy atom. The lowest BCUT2D eigenvalue weighted by Crippen LogP contribution is -2.49. The van der Waals surface area contributed by atoms with Gasteiger partial charge in [-0.15, -0.1) is 10.2 Å². The molecule has 5 nitrogen and oxygen atoms in total. The molecule has 2 fully saturated rings. The van der Waals surface area contributed by atoms with Gasteiger partial charge >= 0.3 is 0 Å². The maximum Gasteiger partial charge on any atom is 0.205 e. The molecule has 2 aliphatic rings. The Bertz CT molecular complexity index is 380. The first kappa shape index (κ1) is 11.4. The van der Waals surface area contributed by atoms with Gasteiger partial charge in [0.1, 0.15) is 5.01 Å². The van der Waals surface area contributed by atoms with Crippen molar-refractivity contribution in [2.75, 3.05) is 38.5 Å². The monoisotopic (exact) mass is 253 g/mol. The van der Waals surface area contributed by atoms with E-state index < -0.39 is 0 Å². The molecule has 0 saturated carbocycles. The largest absolute Gasteiger partial charge is 0.363 e. The molecule has 1 aromatic heterocycles. The summed E-state index contributed by atoms with van der Waals surface area (Å²) in [6, 6.07) is 0.792. The van der Waals surface area contributed by atoms with Crippen molar-refractivity contribution in [2.24, 2.45) is 0 Å². The van der Waals surface area contributed by atoms with E-state index in [1.165, 1.54) is 39.0 Å². The van der Waals surface area contributed by atoms with E-state index in [2.05, 4.69) is 25.3 Å². The van der Waals surface area contributed by atoms with Gasteiger partial charge < -0.3 is 5.32 Å². The second kappa shape index (κ2) is 4.88. The lowest BCUT2D eigenvalue weighted by Gasteiger charge is -2.36. The first-order valence-corrected chi connectivity index (χ1v) is 7.13. The second-order valence-corrected chi connectivity index (χ2v) is 5.88. The molecule has 0 bridgehead atoms. The van der Waals surface area contributed by atoms with Crippen LogP contribution in [0.2, 0.25) is 0 Å². The van der Waals surface area contributed by atoms with Gasteiger partial charge in [-0.25, -0.2) is 0 Å². The molecule has 0 aliphatic carbocycles. The molecule has 1 aromatic rings. The summed E-state index contributed by atoms with van der Waals surface area (Å²) in [6.45, 7) is 5.87. The summed E-state index contributed by atoms with van der Waals surface area (Å²) in [5.41, 5.74) is 0. The van der Waals surface area contributed by atoms with E-state index in [1.54, 1.807) is 11.3 Å². The smallest absolute Gasteiger partial charge is 0.205 e. The van der Waals surface area contributed by atoms with Gasteiger partial charge in [-0.1, -0.05) is 11.3 Å². The van der Waals surface area contributed by atoms with Crippen LogP contribution in [0.1, 0.15) is 17.8 Å². The predicted molar refractivity (Wildman–Crippen MR) is 69.3 cm³/mol. The van der Waals surface area contributed by atoms with Crippen molar-refractivity contribution in [3.05, 3.63) is 5.01 Å². The zero-order valence-electron chi connectivity index (χ0n) is 10.2. The predicted octanol–water partition coefficient (Wildman–Crippen LogP) is 0.860. The topological polar surface area (TPSA) is 44.3 Å². The third kappa shape index (κ3) is 2.43. The SMILES string of the molecule is CNc1nnc(CN2CCN3CCCC3C2)s1. The third-order valence-corrected chi connectivity index (χ3v) is 4.64. The summed E-state index contributed by atoms with van der Waals surface area (Å²) in [5.74, 6) is 0. The van der Waals surface area contributed by atoms with Crippen molar-refractivity contribution < 1.29 is 0 Å². The van der Waals surface area contributed by atoms with E-state index in [9.17, 15) is 0 Å². The van der Waals surface area contributed by atoms with Gasteiger partial charge in [-0.05, 0) is 19.4 Å². The Morgan fingerprint density at radius 1 is 1.35 bits per heavy atom. The molecular formula is C11H19N5S. The number of aromatic nitrogens is 2. The zero-order valence-corrected chi connectivity index (χ0v) is 11.0. The van der Waals surface area contributed by atoms with Crippen molar-refractivity contribution in [2.45, 2.75) is 25.4 Å². The summed E-state index contributed by atoms with van der Waals surface area (Å²) in [4.78, 5) is 5.15. The highest BCUT2D eigenvalue weighted by atomic mass is 32.1. The van der Waals surface area contributed by atoms with Crippen LogP contribution in [0.15, 0.2) is 0 Å². The highest BCUT2D eigenvalue weighted by Crippen LogP contribution is 2.23. The number of hydrogen-bond acceptors (Lipinski definition) is 6. The maximum absolute atomic E-state index is 4.22. The van der Waals surface area contributed by atoms with E-state index >= 15 is 0 Å². The highest BCUT2D eigenvalue weighted by molar-refractivity contribution is 7.15. The Morgan fingerprint density at radius 2 is 2.29 bits per heavy atom. The highest BCUT2D eigenvalue weighted by Gasteiger charge is 2.30. The summed E-state index contributed by atoms with van der Waals surface area (Å²) in [5, 5.41) is 13.4. The molecule has 1 N–H and O–H groups in total. The van der Waals surface area contributed by atoms with Crippen molar-refractivity contribution in [1.29, 1.82) is 0 Å². The van der Waals surface area contributed by atoms with Crippen LogP contribution < -0.4 is 5.32 Å². The summed E-state index contributed by atoms with van der Waals surface area (Å²) in [6.07, 6.45) is 2.75. The van der Waals surface area contributed by atoms with Crippen LogP contribution in [0.4, 0.5) is 5.13 Å². The molecule has 0 radical (unpaired) electrons. The van der Waals surface area contributed by atoms with E-state index in [-0.39, 0.29) is 0 Å². The Labute approximate surface area is 106 Å². The average Bonchev–Trinajstić information content (AvgIpc) is 2.96. The molecule has 0 aromatic carbocycles. The molecule has 0 spiro atoms. The minimum absolute atomic E-state index is 0.792.